The van der Waals surface area contributed by atoms with Crippen molar-refractivity contribution < 1.29 is 17.5 Å². The van der Waals surface area contributed by atoms with E-state index >= 15 is 0 Å². The fourth-order valence-electron chi connectivity index (χ4n) is 2.49. The highest BCUT2D eigenvalue weighted by atomic mass is 32.2. The number of sulfonamides is 1. The van der Waals surface area contributed by atoms with Crippen molar-refractivity contribution in [3.05, 3.63) is 48.4 Å². The number of hydrogen-bond acceptors (Lipinski definition) is 5. The summed E-state index contributed by atoms with van der Waals surface area (Å²) in [6, 6.07) is 8.50. The van der Waals surface area contributed by atoms with Crippen molar-refractivity contribution in [1.82, 2.24) is 14.5 Å². The molecule has 3 rings (SSSR count). The van der Waals surface area contributed by atoms with Gasteiger partial charge < -0.3 is 4.74 Å². The van der Waals surface area contributed by atoms with E-state index in [0.29, 0.717) is 31.8 Å². The Bertz CT molecular complexity index is 763. The third-order valence-electron chi connectivity index (χ3n) is 3.67. The largest absolute Gasteiger partial charge is 0.473 e. The second kappa shape index (κ2) is 6.59. The molecule has 2 aromatic rings. The van der Waals surface area contributed by atoms with Crippen LogP contribution in [0.3, 0.4) is 0 Å². The van der Waals surface area contributed by atoms with Gasteiger partial charge in [-0.2, -0.15) is 9.40 Å². The molecule has 1 saturated heterocycles. The number of halogens is 1. The van der Waals surface area contributed by atoms with E-state index in [2.05, 4.69) is 10.2 Å². The second-order valence-electron chi connectivity index (χ2n) is 5.24. The average Bonchev–Trinajstić information content (AvgIpc) is 2.56. The summed E-state index contributed by atoms with van der Waals surface area (Å²) >= 11 is 0. The Morgan fingerprint density at radius 2 is 1.96 bits per heavy atom. The smallest absolute Gasteiger partial charge is 0.243 e. The van der Waals surface area contributed by atoms with Gasteiger partial charge in [0, 0.05) is 25.4 Å². The van der Waals surface area contributed by atoms with Crippen molar-refractivity contribution in [1.29, 1.82) is 0 Å². The average molecular weight is 337 g/mol. The van der Waals surface area contributed by atoms with Crippen LogP contribution >= 0.6 is 0 Å². The minimum Gasteiger partial charge on any atom is -0.473 e. The van der Waals surface area contributed by atoms with E-state index in [0.717, 1.165) is 6.07 Å². The molecule has 1 fully saturated rings. The Morgan fingerprint density at radius 3 is 2.61 bits per heavy atom. The fourth-order valence-corrected chi connectivity index (χ4v) is 3.99. The first-order valence-corrected chi connectivity index (χ1v) is 8.70. The lowest BCUT2D eigenvalue weighted by Crippen LogP contribution is -2.41. The van der Waals surface area contributed by atoms with Crippen molar-refractivity contribution in [3.8, 4) is 5.88 Å². The van der Waals surface area contributed by atoms with Crippen LogP contribution in [0.25, 0.3) is 0 Å². The number of nitrogens with zero attached hydrogens (tertiary/aromatic N) is 3. The molecule has 23 heavy (non-hydrogen) atoms. The summed E-state index contributed by atoms with van der Waals surface area (Å²) in [6.07, 6.45) is 2.54. The molecule has 6 nitrogen and oxygen atoms in total. The first-order chi connectivity index (χ1) is 11.1. The zero-order chi connectivity index (χ0) is 16.3. The van der Waals surface area contributed by atoms with E-state index in [1.807, 2.05) is 0 Å². The molecule has 122 valence electrons. The molecule has 1 aromatic carbocycles. The van der Waals surface area contributed by atoms with E-state index in [1.165, 1.54) is 22.5 Å². The lowest BCUT2D eigenvalue weighted by atomic mass is 10.1. The number of hydrogen-bond donors (Lipinski definition) is 0. The minimum atomic E-state index is -3.67. The highest BCUT2D eigenvalue weighted by Gasteiger charge is 2.30. The van der Waals surface area contributed by atoms with Gasteiger partial charge in [-0.05, 0) is 37.1 Å². The molecule has 0 amide bonds. The van der Waals surface area contributed by atoms with E-state index in [9.17, 15) is 12.8 Å². The van der Waals surface area contributed by atoms with E-state index < -0.39 is 15.8 Å². The molecule has 8 heteroatoms. The van der Waals surface area contributed by atoms with Crippen molar-refractivity contribution >= 4 is 10.0 Å². The molecular weight excluding hydrogens is 321 g/mol. The van der Waals surface area contributed by atoms with Gasteiger partial charge in [0.15, 0.2) is 0 Å². The molecule has 0 unspecified atom stereocenters. The van der Waals surface area contributed by atoms with Crippen LogP contribution in [0.4, 0.5) is 4.39 Å². The lowest BCUT2D eigenvalue weighted by molar-refractivity contribution is 0.128. The van der Waals surface area contributed by atoms with Crippen molar-refractivity contribution in [2.75, 3.05) is 13.1 Å². The Labute approximate surface area is 134 Å². The van der Waals surface area contributed by atoms with Gasteiger partial charge in [-0.15, -0.1) is 5.10 Å². The zero-order valence-electron chi connectivity index (χ0n) is 12.3. The summed E-state index contributed by atoms with van der Waals surface area (Å²) in [4.78, 5) is -0.0224. The van der Waals surface area contributed by atoms with Crippen LogP contribution in [0.5, 0.6) is 5.88 Å². The summed E-state index contributed by atoms with van der Waals surface area (Å²) in [6.45, 7) is 0.646. The van der Waals surface area contributed by atoms with Crippen molar-refractivity contribution in [2.24, 2.45) is 0 Å². The number of benzene rings is 1. The molecule has 0 atom stereocenters. The normalized spacial score (nSPS) is 17.1. The molecule has 0 radical (unpaired) electrons. The van der Waals surface area contributed by atoms with E-state index in [-0.39, 0.29) is 11.0 Å². The molecule has 2 heterocycles. The zero-order valence-corrected chi connectivity index (χ0v) is 13.1. The van der Waals surface area contributed by atoms with Gasteiger partial charge in [0.2, 0.25) is 15.9 Å². The van der Waals surface area contributed by atoms with Crippen LogP contribution in [0.1, 0.15) is 12.8 Å². The summed E-state index contributed by atoms with van der Waals surface area (Å²) < 4.78 is 45.3. The van der Waals surface area contributed by atoms with Crippen molar-refractivity contribution in [3.63, 3.8) is 0 Å². The molecule has 0 N–H and O–H groups in total. The molecule has 0 saturated carbocycles. The summed E-state index contributed by atoms with van der Waals surface area (Å²) in [5.74, 6) is -0.133. The monoisotopic (exact) mass is 337 g/mol. The van der Waals surface area contributed by atoms with E-state index in [4.69, 9.17) is 4.74 Å². The van der Waals surface area contributed by atoms with Gasteiger partial charge in [0.1, 0.15) is 11.9 Å². The Balaban J connectivity index is 1.64. The molecule has 1 aliphatic rings. The third kappa shape index (κ3) is 3.65. The van der Waals surface area contributed by atoms with Crippen LogP contribution in [-0.2, 0) is 10.0 Å². The maximum absolute atomic E-state index is 13.3. The van der Waals surface area contributed by atoms with E-state index in [1.54, 1.807) is 18.3 Å². The van der Waals surface area contributed by atoms with Crippen LogP contribution in [-0.4, -0.2) is 42.1 Å². The number of piperidine rings is 1. The Morgan fingerprint density at radius 1 is 1.17 bits per heavy atom. The minimum absolute atomic E-state index is 0.0224. The van der Waals surface area contributed by atoms with Gasteiger partial charge in [-0.3, -0.25) is 0 Å². The summed E-state index contributed by atoms with van der Waals surface area (Å²) in [7, 11) is -3.67. The third-order valence-corrected chi connectivity index (χ3v) is 5.56. The molecule has 1 aliphatic heterocycles. The number of rotatable bonds is 4. The SMILES string of the molecule is O=S(=O)(c1cccc(F)c1)N1CCC(Oc2cccnn2)CC1. The van der Waals surface area contributed by atoms with Gasteiger partial charge >= 0.3 is 0 Å². The molecule has 0 aliphatic carbocycles. The first-order valence-electron chi connectivity index (χ1n) is 7.26. The predicted octanol–water partition coefficient (Wildman–Crippen LogP) is 1.85. The quantitative estimate of drug-likeness (QED) is 0.851. The highest BCUT2D eigenvalue weighted by Crippen LogP contribution is 2.23. The molecule has 0 bridgehead atoms. The van der Waals surface area contributed by atoms with Crippen LogP contribution in [0.15, 0.2) is 47.5 Å². The summed E-state index contributed by atoms with van der Waals surface area (Å²) in [5, 5.41) is 7.59. The number of aromatic nitrogens is 2. The lowest BCUT2D eigenvalue weighted by Gasteiger charge is -2.31. The van der Waals surface area contributed by atoms with Crippen LogP contribution in [0.2, 0.25) is 0 Å². The second-order valence-corrected chi connectivity index (χ2v) is 7.18. The first kappa shape index (κ1) is 15.8. The topological polar surface area (TPSA) is 72.4 Å². The van der Waals surface area contributed by atoms with Crippen LogP contribution in [0, 0.1) is 5.82 Å². The predicted molar refractivity (Wildman–Crippen MR) is 80.8 cm³/mol. The van der Waals surface area contributed by atoms with Gasteiger partial charge in [-0.25, -0.2) is 12.8 Å². The van der Waals surface area contributed by atoms with Gasteiger partial charge in [0.25, 0.3) is 0 Å². The Kier molecular flexibility index (Phi) is 4.53. The van der Waals surface area contributed by atoms with Gasteiger partial charge in [-0.1, -0.05) is 6.07 Å². The summed E-state index contributed by atoms with van der Waals surface area (Å²) in [5.41, 5.74) is 0. The van der Waals surface area contributed by atoms with Crippen molar-refractivity contribution in [2.45, 2.75) is 23.8 Å². The maximum atomic E-state index is 13.3. The standard InChI is InChI=1S/C15H16FN3O3S/c16-12-3-1-4-14(11-12)23(20,21)19-9-6-13(7-10-19)22-15-5-2-8-17-18-15/h1-5,8,11,13H,6-7,9-10H2. The fraction of sp³-hybridized carbons (Fsp3) is 0.333. The number of ether oxygens (including phenoxy) is 1. The molecule has 1 aromatic heterocycles. The highest BCUT2D eigenvalue weighted by molar-refractivity contribution is 7.89. The molecule has 0 spiro atoms. The van der Waals surface area contributed by atoms with Gasteiger partial charge in [0.05, 0.1) is 4.90 Å². The van der Waals surface area contributed by atoms with Crippen LogP contribution < -0.4 is 4.74 Å². The Hall–Kier alpha value is -2.06. The maximum Gasteiger partial charge on any atom is 0.243 e. The molecular formula is C15H16FN3O3S.